The maximum Gasteiger partial charge on any atom is 0.261 e. The molecule has 7 nitrogen and oxygen atoms in total. The molecule has 0 spiro atoms. The van der Waals surface area contributed by atoms with Gasteiger partial charge in [-0.15, -0.1) is 0 Å². The number of rotatable bonds is 3. The van der Waals surface area contributed by atoms with E-state index in [2.05, 4.69) is 25.9 Å². The molecule has 0 saturated carbocycles. The van der Waals surface area contributed by atoms with Crippen LogP contribution in [-0.2, 0) is 6.54 Å². The maximum absolute atomic E-state index is 12.9. The van der Waals surface area contributed by atoms with E-state index in [-0.39, 0.29) is 5.56 Å². The van der Waals surface area contributed by atoms with Gasteiger partial charge in [0.15, 0.2) is 11.5 Å². The lowest BCUT2D eigenvalue weighted by Gasteiger charge is -2.33. The Bertz CT molecular complexity index is 1080. The van der Waals surface area contributed by atoms with Gasteiger partial charge in [-0.05, 0) is 37.8 Å². The molecule has 3 heterocycles. The molecule has 0 radical (unpaired) electrons. The summed E-state index contributed by atoms with van der Waals surface area (Å²) in [5, 5.41) is 9.88. The number of hydrogen-bond donors (Lipinski definition) is 0. The number of nitrogens with zero attached hydrogens (tertiary/aromatic N) is 6. The molecule has 1 fully saturated rings. The molecule has 1 aliphatic heterocycles. The standard InChI is InChI=1S/C20H20N6O/c1-14-24-17-5-3-2-4-16(17)20(27)26(14)13-15-6-10-25(11-7-15)19-18(12-21)22-8-9-23-19/h2-5,8-9,15H,6-7,10-11,13H2,1H3. The second-order valence-corrected chi connectivity index (χ2v) is 6.86. The lowest BCUT2D eigenvalue weighted by atomic mass is 9.96. The Kier molecular flexibility index (Phi) is 4.55. The molecule has 0 aliphatic carbocycles. The summed E-state index contributed by atoms with van der Waals surface area (Å²) in [7, 11) is 0. The Balaban J connectivity index is 1.51. The molecule has 136 valence electrons. The molecule has 27 heavy (non-hydrogen) atoms. The Morgan fingerprint density at radius 3 is 2.70 bits per heavy atom. The molecule has 3 aromatic rings. The Hall–Kier alpha value is -3.27. The van der Waals surface area contributed by atoms with Gasteiger partial charge in [-0.3, -0.25) is 9.36 Å². The third kappa shape index (κ3) is 3.26. The highest BCUT2D eigenvalue weighted by Crippen LogP contribution is 2.24. The number of aryl methyl sites for hydroxylation is 1. The van der Waals surface area contributed by atoms with Gasteiger partial charge >= 0.3 is 0 Å². The van der Waals surface area contributed by atoms with Crippen LogP contribution in [0.25, 0.3) is 10.9 Å². The van der Waals surface area contributed by atoms with Crippen molar-refractivity contribution in [3.05, 3.63) is 58.5 Å². The third-order valence-electron chi connectivity index (χ3n) is 5.19. The van der Waals surface area contributed by atoms with Crippen molar-refractivity contribution < 1.29 is 0 Å². The molecular weight excluding hydrogens is 340 g/mol. The SMILES string of the molecule is Cc1nc2ccccc2c(=O)n1CC1CCN(c2nccnc2C#N)CC1. The van der Waals surface area contributed by atoms with E-state index in [1.54, 1.807) is 10.8 Å². The number of fused-ring (bicyclic) bond motifs is 1. The average molecular weight is 360 g/mol. The molecular formula is C20H20N6O. The lowest BCUT2D eigenvalue weighted by Crippen LogP contribution is -2.37. The minimum Gasteiger partial charge on any atom is -0.354 e. The summed E-state index contributed by atoms with van der Waals surface area (Å²) >= 11 is 0. The van der Waals surface area contributed by atoms with Crippen LogP contribution in [0, 0.1) is 24.2 Å². The fraction of sp³-hybridized carbons (Fsp3) is 0.350. The fourth-order valence-electron chi connectivity index (χ4n) is 3.72. The van der Waals surface area contributed by atoms with Crippen molar-refractivity contribution in [2.45, 2.75) is 26.3 Å². The second kappa shape index (κ2) is 7.16. The normalized spacial score (nSPS) is 15.0. The average Bonchev–Trinajstić information content (AvgIpc) is 2.71. The second-order valence-electron chi connectivity index (χ2n) is 6.86. The first-order chi connectivity index (χ1) is 13.2. The van der Waals surface area contributed by atoms with E-state index in [1.807, 2.05) is 31.2 Å². The number of hydrogen-bond acceptors (Lipinski definition) is 6. The van der Waals surface area contributed by atoms with Crippen LogP contribution >= 0.6 is 0 Å². The van der Waals surface area contributed by atoms with Crippen LogP contribution in [0.5, 0.6) is 0 Å². The van der Waals surface area contributed by atoms with E-state index in [0.29, 0.717) is 29.4 Å². The zero-order chi connectivity index (χ0) is 18.8. The number of piperidine rings is 1. The van der Waals surface area contributed by atoms with Crippen molar-refractivity contribution in [1.82, 2.24) is 19.5 Å². The Morgan fingerprint density at radius 2 is 1.93 bits per heavy atom. The highest BCUT2D eigenvalue weighted by Gasteiger charge is 2.23. The molecule has 1 aliphatic rings. The quantitative estimate of drug-likeness (QED) is 0.712. The summed E-state index contributed by atoms with van der Waals surface area (Å²) in [6.07, 6.45) is 5.02. The van der Waals surface area contributed by atoms with Crippen LogP contribution in [0.4, 0.5) is 5.82 Å². The first-order valence-electron chi connectivity index (χ1n) is 9.09. The van der Waals surface area contributed by atoms with Crippen LogP contribution in [0.15, 0.2) is 41.5 Å². The van der Waals surface area contributed by atoms with Gasteiger partial charge in [-0.25, -0.2) is 15.0 Å². The smallest absolute Gasteiger partial charge is 0.261 e. The van der Waals surface area contributed by atoms with Gasteiger partial charge in [0.05, 0.1) is 10.9 Å². The first-order valence-corrected chi connectivity index (χ1v) is 9.09. The van der Waals surface area contributed by atoms with E-state index in [4.69, 9.17) is 0 Å². The predicted molar refractivity (Wildman–Crippen MR) is 102 cm³/mol. The molecule has 7 heteroatoms. The predicted octanol–water partition coefficient (Wildman–Crippen LogP) is 2.28. The third-order valence-corrected chi connectivity index (χ3v) is 5.19. The highest BCUT2D eigenvalue weighted by molar-refractivity contribution is 5.77. The number of anilines is 1. The van der Waals surface area contributed by atoms with Crippen LogP contribution < -0.4 is 10.5 Å². The summed E-state index contributed by atoms with van der Waals surface area (Å²) in [5.74, 6) is 1.80. The van der Waals surface area contributed by atoms with Gasteiger partial charge in [0.1, 0.15) is 11.9 Å². The largest absolute Gasteiger partial charge is 0.354 e. The fourth-order valence-corrected chi connectivity index (χ4v) is 3.72. The van der Waals surface area contributed by atoms with E-state index in [9.17, 15) is 10.1 Å². The van der Waals surface area contributed by atoms with E-state index < -0.39 is 0 Å². The molecule has 1 saturated heterocycles. The minimum atomic E-state index is 0.0289. The number of benzene rings is 1. The first kappa shape index (κ1) is 17.2. The topological polar surface area (TPSA) is 87.7 Å². The summed E-state index contributed by atoms with van der Waals surface area (Å²) in [5.41, 5.74) is 1.14. The van der Waals surface area contributed by atoms with E-state index in [0.717, 1.165) is 37.3 Å². The van der Waals surface area contributed by atoms with Gasteiger partial charge in [-0.1, -0.05) is 12.1 Å². The van der Waals surface area contributed by atoms with Crippen LogP contribution in [-0.4, -0.2) is 32.6 Å². The monoisotopic (exact) mass is 360 g/mol. The van der Waals surface area contributed by atoms with Crippen LogP contribution in [0.2, 0.25) is 0 Å². The highest BCUT2D eigenvalue weighted by atomic mass is 16.1. The molecule has 0 unspecified atom stereocenters. The van der Waals surface area contributed by atoms with Crippen molar-refractivity contribution in [1.29, 1.82) is 5.26 Å². The number of para-hydroxylation sites is 1. The van der Waals surface area contributed by atoms with Gasteiger partial charge in [-0.2, -0.15) is 5.26 Å². The van der Waals surface area contributed by atoms with Gasteiger partial charge in [0, 0.05) is 32.0 Å². The van der Waals surface area contributed by atoms with Crippen molar-refractivity contribution in [3.63, 3.8) is 0 Å². The molecule has 0 bridgehead atoms. The van der Waals surface area contributed by atoms with Gasteiger partial charge in [0.2, 0.25) is 0 Å². The lowest BCUT2D eigenvalue weighted by molar-refractivity contribution is 0.347. The zero-order valence-corrected chi connectivity index (χ0v) is 15.2. The minimum absolute atomic E-state index is 0.0289. The maximum atomic E-state index is 12.9. The van der Waals surface area contributed by atoms with Crippen LogP contribution in [0.1, 0.15) is 24.4 Å². The molecule has 0 amide bonds. The zero-order valence-electron chi connectivity index (χ0n) is 15.2. The molecule has 2 aromatic heterocycles. The molecule has 1 aromatic carbocycles. The summed E-state index contributed by atoms with van der Waals surface area (Å²) in [6.45, 7) is 4.16. The molecule has 0 N–H and O–H groups in total. The van der Waals surface area contributed by atoms with Crippen molar-refractivity contribution in [3.8, 4) is 6.07 Å². The number of aromatic nitrogens is 4. The summed E-state index contributed by atoms with van der Waals surface area (Å²) in [4.78, 5) is 28.0. The van der Waals surface area contributed by atoms with E-state index in [1.165, 1.54) is 6.20 Å². The van der Waals surface area contributed by atoms with Crippen molar-refractivity contribution >= 4 is 16.7 Å². The van der Waals surface area contributed by atoms with Crippen molar-refractivity contribution in [2.24, 2.45) is 5.92 Å². The Morgan fingerprint density at radius 1 is 1.19 bits per heavy atom. The molecule has 4 rings (SSSR count). The molecule has 0 atom stereocenters. The number of nitriles is 1. The van der Waals surface area contributed by atoms with Crippen molar-refractivity contribution in [2.75, 3.05) is 18.0 Å². The van der Waals surface area contributed by atoms with E-state index >= 15 is 0 Å². The van der Waals surface area contributed by atoms with Gasteiger partial charge in [0.25, 0.3) is 5.56 Å². The Labute approximate surface area is 156 Å². The summed E-state index contributed by atoms with van der Waals surface area (Å²) in [6, 6.07) is 9.59. The summed E-state index contributed by atoms with van der Waals surface area (Å²) < 4.78 is 1.80. The van der Waals surface area contributed by atoms with Gasteiger partial charge < -0.3 is 4.90 Å². The van der Waals surface area contributed by atoms with Crippen LogP contribution in [0.3, 0.4) is 0 Å².